The second-order valence-corrected chi connectivity index (χ2v) is 4.76. The zero-order valence-electron chi connectivity index (χ0n) is 9.72. The molecule has 0 aromatic heterocycles. The first kappa shape index (κ1) is 14.2. The fourth-order valence-electron chi connectivity index (χ4n) is 2.21. The monoisotopic (exact) mass is 281 g/mol. The molecule has 0 bridgehead atoms. The summed E-state index contributed by atoms with van der Waals surface area (Å²) in [4.78, 5) is 0. The number of aliphatic hydroxyl groups excluding tert-OH is 1. The molecule has 0 aliphatic heterocycles. The first-order valence-electron chi connectivity index (χ1n) is 5.70. The van der Waals surface area contributed by atoms with Gasteiger partial charge in [-0.05, 0) is 30.9 Å². The summed E-state index contributed by atoms with van der Waals surface area (Å²) in [6, 6.07) is -0.298. The van der Waals surface area contributed by atoms with Crippen LogP contribution in [0.25, 0.3) is 0 Å². The van der Waals surface area contributed by atoms with Gasteiger partial charge in [-0.2, -0.15) is 13.2 Å². The lowest BCUT2D eigenvalue weighted by Crippen LogP contribution is -2.37. The van der Waals surface area contributed by atoms with Crippen LogP contribution in [0.5, 0.6) is 0 Å². The van der Waals surface area contributed by atoms with Gasteiger partial charge in [-0.1, -0.05) is 0 Å². The van der Waals surface area contributed by atoms with Crippen LogP contribution >= 0.6 is 0 Å². The van der Waals surface area contributed by atoms with Gasteiger partial charge in [-0.3, -0.25) is 0 Å². The molecule has 7 heteroatoms. The number of alkyl halides is 3. The Bertz CT molecular complexity index is 482. The topological polar surface area (TPSA) is 46.2 Å². The van der Waals surface area contributed by atoms with Gasteiger partial charge in [-0.25, -0.2) is 8.78 Å². The number of nitrogens with two attached hydrogens (primary N) is 1. The molecule has 2 rings (SSSR count). The van der Waals surface area contributed by atoms with E-state index in [1.165, 1.54) is 0 Å². The Hall–Kier alpha value is -1.21. The lowest BCUT2D eigenvalue weighted by atomic mass is 9.75. The lowest BCUT2D eigenvalue weighted by molar-refractivity contribution is -0.140. The molecule has 0 spiro atoms. The average molecular weight is 281 g/mol. The van der Waals surface area contributed by atoms with E-state index >= 15 is 0 Å². The first-order valence-corrected chi connectivity index (χ1v) is 5.70. The van der Waals surface area contributed by atoms with Gasteiger partial charge in [0.2, 0.25) is 0 Å². The summed E-state index contributed by atoms with van der Waals surface area (Å²) >= 11 is 0. The number of rotatable bonds is 2. The van der Waals surface area contributed by atoms with Crippen LogP contribution in [0.3, 0.4) is 0 Å². The summed E-state index contributed by atoms with van der Waals surface area (Å²) in [5.74, 6) is -2.97. The fourth-order valence-corrected chi connectivity index (χ4v) is 2.21. The molecule has 0 saturated heterocycles. The van der Waals surface area contributed by atoms with E-state index in [-0.39, 0.29) is 17.5 Å². The van der Waals surface area contributed by atoms with E-state index in [0.29, 0.717) is 18.9 Å². The van der Waals surface area contributed by atoms with E-state index in [4.69, 9.17) is 10.8 Å². The van der Waals surface area contributed by atoms with Gasteiger partial charge in [-0.15, -0.1) is 0 Å². The van der Waals surface area contributed by atoms with Crippen molar-refractivity contribution in [2.45, 2.75) is 31.2 Å². The second-order valence-electron chi connectivity index (χ2n) is 4.76. The molecule has 0 amide bonds. The highest BCUT2D eigenvalue weighted by atomic mass is 19.4. The highest BCUT2D eigenvalue weighted by Gasteiger charge is 2.38. The Morgan fingerprint density at radius 2 is 1.74 bits per heavy atom. The maximum atomic E-state index is 13.6. The molecule has 1 aromatic rings. The summed E-state index contributed by atoms with van der Waals surface area (Å²) < 4.78 is 64.1. The Morgan fingerprint density at radius 3 is 2.21 bits per heavy atom. The van der Waals surface area contributed by atoms with Crippen molar-refractivity contribution >= 4 is 0 Å². The minimum Gasteiger partial charge on any atom is -0.393 e. The van der Waals surface area contributed by atoms with E-state index in [1.54, 1.807) is 0 Å². The van der Waals surface area contributed by atoms with Gasteiger partial charge in [0.05, 0.1) is 11.7 Å². The van der Waals surface area contributed by atoms with Crippen molar-refractivity contribution in [3.05, 3.63) is 34.9 Å². The fraction of sp³-hybridized carbons (Fsp3) is 0.500. The van der Waals surface area contributed by atoms with E-state index in [9.17, 15) is 22.0 Å². The normalized spacial score (nSPS) is 25.0. The van der Waals surface area contributed by atoms with E-state index < -0.39 is 35.5 Å². The minimum absolute atomic E-state index is 0.125. The molecule has 1 aliphatic rings. The molecule has 19 heavy (non-hydrogen) atoms. The van der Waals surface area contributed by atoms with Gasteiger partial charge in [0.15, 0.2) is 0 Å². The Balaban J connectivity index is 2.30. The predicted molar refractivity (Wildman–Crippen MR) is 57.0 cm³/mol. The van der Waals surface area contributed by atoms with Crippen molar-refractivity contribution in [1.29, 1.82) is 0 Å². The molecule has 106 valence electrons. The van der Waals surface area contributed by atoms with Crippen molar-refractivity contribution in [3.8, 4) is 0 Å². The maximum absolute atomic E-state index is 13.6. The first-order chi connectivity index (χ1) is 8.70. The maximum Gasteiger partial charge on any atom is 0.419 e. The van der Waals surface area contributed by atoms with Crippen LogP contribution in [-0.4, -0.2) is 11.2 Å². The van der Waals surface area contributed by atoms with Crippen LogP contribution in [-0.2, 0) is 6.18 Å². The largest absolute Gasteiger partial charge is 0.419 e. The molecule has 3 N–H and O–H groups in total. The molecule has 2 nitrogen and oxygen atoms in total. The van der Waals surface area contributed by atoms with Crippen LogP contribution in [0.4, 0.5) is 22.0 Å². The van der Waals surface area contributed by atoms with Crippen molar-refractivity contribution in [2.75, 3.05) is 0 Å². The summed E-state index contributed by atoms with van der Waals surface area (Å²) in [5, 5.41) is 9.12. The Labute approximate surface area is 106 Å². The van der Waals surface area contributed by atoms with Crippen molar-refractivity contribution in [2.24, 2.45) is 11.7 Å². The van der Waals surface area contributed by atoms with Crippen LogP contribution in [0, 0.1) is 17.6 Å². The molecule has 0 heterocycles. The SMILES string of the molecule is N[C@@H](c1cc(F)c(C(F)(F)F)cc1F)[C@H]1C[C@@H](O)C1. The Morgan fingerprint density at radius 1 is 1.16 bits per heavy atom. The smallest absolute Gasteiger partial charge is 0.393 e. The van der Waals surface area contributed by atoms with Crippen molar-refractivity contribution in [1.82, 2.24) is 0 Å². The second kappa shape index (κ2) is 4.72. The highest BCUT2D eigenvalue weighted by Crippen LogP contribution is 2.39. The highest BCUT2D eigenvalue weighted by molar-refractivity contribution is 5.30. The van der Waals surface area contributed by atoms with Gasteiger partial charge < -0.3 is 10.8 Å². The zero-order valence-corrected chi connectivity index (χ0v) is 9.72. The molecular weight excluding hydrogens is 269 g/mol. The molecule has 1 saturated carbocycles. The minimum atomic E-state index is -4.94. The molecule has 0 unspecified atom stereocenters. The average Bonchev–Trinajstić information content (AvgIpc) is 2.25. The molecule has 1 fully saturated rings. The molecule has 1 atom stereocenters. The van der Waals surface area contributed by atoms with Gasteiger partial charge in [0.25, 0.3) is 0 Å². The number of benzene rings is 1. The third kappa shape index (κ3) is 2.71. The lowest BCUT2D eigenvalue weighted by Gasteiger charge is -2.36. The summed E-state index contributed by atoms with van der Waals surface area (Å²) in [7, 11) is 0. The third-order valence-corrected chi connectivity index (χ3v) is 3.41. The predicted octanol–water partition coefficient (Wildman–Crippen LogP) is 2.75. The van der Waals surface area contributed by atoms with Crippen LogP contribution < -0.4 is 5.73 Å². The van der Waals surface area contributed by atoms with Gasteiger partial charge >= 0.3 is 6.18 Å². The van der Waals surface area contributed by atoms with E-state index in [2.05, 4.69) is 0 Å². The van der Waals surface area contributed by atoms with E-state index in [0.717, 1.165) is 0 Å². The van der Waals surface area contributed by atoms with Crippen LogP contribution in [0.1, 0.15) is 30.0 Å². The van der Waals surface area contributed by atoms with Gasteiger partial charge in [0, 0.05) is 11.6 Å². The van der Waals surface area contributed by atoms with Gasteiger partial charge in [0.1, 0.15) is 11.6 Å². The summed E-state index contributed by atoms with van der Waals surface area (Å²) in [5.41, 5.74) is 3.76. The number of halogens is 5. The van der Waals surface area contributed by atoms with Crippen molar-refractivity contribution < 1.29 is 27.1 Å². The Kier molecular flexibility index (Phi) is 3.53. The quantitative estimate of drug-likeness (QED) is 0.819. The number of hydrogen-bond acceptors (Lipinski definition) is 2. The summed E-state index contributed by atoms with van der Waals surface area (Å²) in [6.45, 7) is 0. The summed E-state index contributed by atoms with van der Waals surface area (Å²) in [6.07, 6.45) is -4.80. The number of hydrogen-bond donors (Lipinski definition) is 2. The molecule has 1 aliphatic carbocycles. The zero-order chi connectivity index (χ0) is 14.4. The van der Waals surface area contributed by atoms with Crippen LogP contribution in [0.2, 0.25) is 0 Å². The number of aliphatic hydroxyl groups is 1. The van der Waals surface area contributed by atoms with E-state index in [1.807, 2.05) is 0 Å². The van der Waals surface area contributed by atoms with Crippen LogP contribution in [0.15, 0.2) is 12.1 Å². The third-order valence-electron chi connectivity index (χ3n) is 3.41. The molecule has 0 radical (unpaired) electrons. The molecule has 1 aromatic carbocycles. The van der Waals surface area contributed by atoms with Crippen molar-refractivity contribution in [3.63, 3.8) is 0 Å². The molecular formula is C12H12F5NO. The standard InChI is InChI=1S/C12H12F5NO/c13-9-4-8(12(15,16)17)10(14)3-7(9)11(18)5-1-6(19)2-5/h3-6,11,19H,1-2,18H2/t5-,6+,11-/m1/s1.